The van der Waals surface area contributed by atoms with Gasteiger partial charge in [0, 0.05) is 19.6 Å². The van der Waals surface area contributed by atoms with Gasteiger partial charge in [-0.2, -0.15) is 0 Å². The lowest BCUT2D eigenvalue weighted by molar-refractivity contribution is 0.360. The minimum absolute atomic E-state index is 0.669. The number of nitrogens with zero attached hydrogens (tertiary/aromatic N) is 4. The van der Waals surface area contributed by atoms with Gasteiger partial charge in [0.05, 0.1) is 11.9 Å². The van der Waals surface area contributed by atoms with Crippen molar-refractivity contribution in [2.24, 2.45) is 0 Å². The molecule has 1 aliphatic rings. The Labute approximate surface area is 89.9 Å². The summed E-state index contributed by atoms with van der Waals surface area (Å²) in [5, 5.41) is 0. The number of rotatable bonds is 1. The second-order valence-electron chi connectivity index (χ2n) is 3.95. The van der Waals surface area contributed by atoms with Gasteiger partial charge >= 0.3 is 0 Å². The van der Waals surface area contributed by atoms with Crippen LogP contribution in [-0.4, -0.2) is 48.1 Å². The van der Waals surface area contributed by atoms with E-state index >= 15 is 0 Å². The molecule has 0 saturated carbocycles. The number of nitrogen functional groups attached to an aromatic ring is 1. The van der Waals surface area contributed by atoms with Gasteiger partial charge < -0.3 is 15.5 Å². The van der Waals surface area contributed by atoms with Gasteiger partial charge in [0.2, 0.25) is 0 Å². The Hall–Kier alpha value is -1.36. The van der Waals surface area contributed by atoms with E-state index in [0.717, 1.165) is 38.4 Å². The molecule has 0 aliphatic carbocycles. The number of hydrogen-bond acceptors (Lipinski definition) is 5. The Morgan fingerprint density at radius 3 is 2.93 bits per heavy atom. The van der Waals surface area contributed by atoms with Crippen LogP contribution in [0.15, 0.2) is 12.5 Å². The van der Waals surface area contributed by atoms with Crippen molar-refractivity contribution in [2.45, 2.75) is 6.42 Å². The van der Waals surface area contributed by atoms with Gasteiger partial charge in [-0.25, -0.2) is 9.97 Å². The van der Waals surface area contributed by atoms with Gasteiger partial charge in [-0.05, 0) is 20.0 Å². The molecule has 82 valence electrons. The molecule has 2 heterocycles. The van der Waals surface area contributed by atoms with Gasteiger partial charge in [0.1, 0.15) is 6.33 Å². The summed E-state index contributed by atoms with van der Waals surface area (Å²) in [6.45, 7) is 4.20. The summed E-state index contributed by atoms with van der Waals surface area (Å²) >= 11 is 0. The number of aromatic nitrogens is 2. The smallest absolute Gasteiger partial charge is 0.155 e. The van der Waals surface area contributed by atoms with Gasteiger partial charge in [0.25, 0.3) is 0 Å². The lowest BCUT2D eigenvalue weighted by Gasteiger charge is -2.22. The molecule has 0 unspecified atom stereocenters. The van der Waals surface area contributed by atoms with E-state index in [1.54, 1.807) is 12.5 Å². The molecule has 15 heavy (non-hydrogen) atoms. The lowest BCUT2D eigenvalue weighted by atomic mass is 10.3. The van der Waals surface area contributed by atoms with Crippen LogP contribution in [0.3, 0.4) is 0 Å². The van der Waals surface area contributed by atoms with Crippen LogP contribution < -0.4 is 10.6 Å². The zero-order valence-corrected chi connectivity index (χ0v) is 9.06. The molecule has 0 atom stereocenters. The third-order valence-electron chi connectivity index (χ3n) is 2.74. The molecule has 1 aromatic heterocycles. The number of nitrogens with two attached hydrogens (primary N) is 1. The maximum absolute atomic E-state index is 5.86. The summed E-state index contributed by atoms with van der Waals surface area (Å²) in [7, 11) is 2.15. The van der Waals surface area contributed by atoms with Crippen molar-refractivity contribution in [3.63, 3.8) is 0 Å². The first-order valence-corrected chi connectivity index (χ1v) is 5.26. The van der Waals surface area contributed by atoms with Crippen LogP contribution in [0, 0.1) is 0 Å². The zero-order chi connectivity index (χ0) is 10.7. The number of likely N-dealkylation sites (N-methyl/N-ethyl adjacent to an activating group) is 1. The quantitative estimate of drug-likeness (QED) is 0.713. The molecule has 5 heteroatoms. The predicted molar refractivity (Wildman–Crippen MR) is 60.8 cm³/mol. The van der Waals surface area contributed by atoms with Crippen LogP contribution in [0.5, 0.6) is 0 Å². The van der Waals surface area contributed by atoms with Crippen LogP contribution in [0.4, 0.5) is 11.5 Å². The van der Waals surface area contributed by atoms with E-state index < -0.39 is 0 Å². The molecule has 0 bridgehead atoms. The first-order valence-electron chi connectivity index (χ1n) is 5.26. The largest absolute Gasteiger partial charge is 0.394 e. The van der Waals surface area contributed by atoms with Crippen molar-refractivity contribution in [3.8, 4) is 0 Å². The fraction of sp³-hybridized carbons (Fsp3) is 0.600. The fourth-order valence-corrected chi connectivity index (χ4v) is 1.86. The number of hydrogen-bond donors (Lipinski definition) is 1. The van der Waals surface area contributed by atoms with Crippen LogP contribution in [0.25, 0.3) is 0 Å². The van der Waals surface area contributed by atoms with Gasteiger partial charge in [-0.3, -0.25) is 0 Å². The van der Waals surface area contributed by atoms with E-state index in [2.05, 4.69) is 26.8 Å². The number of anilines is 2. The molecule has 1 aliphatic heterocycles. The standard InChI is InChI=1S/C10H17N5/c1-14-3-2-4-15(6-5-14)10-9(11)7-12-8-13-10/h7-8H,2-6,11H2,1H3. The Morgan fingerprint density at radius 2 is 2.13 bits per heavy atom. The maximum atomic E-state index is 5.86. The van der Waals surface area contributed by atoms with Crippen molar-refractivity contribution < 1.29 is 0 Å². The monoisotopic (exact) mass is 207 g/mol. The van der Waals surface area contributed by atoms with Crippen molar-refractivity contribution in [1.82, 2.24) is 14.9 Å². The molecule has 2 N–H and O–H groups in total. The highest BCUT2D eigenvalue weighted by molar-refractivity contribution is 5.60. The molecule has 1 saturated heterocycles. The molecule has 0 spiro atoms. The Balaban J connectivity index is 2.13. The molecular weight excluding hydrogens is 190 g/mol. The van der Waals surface area contributed by atoms with E-state index in [-0.39, 0.29) is 0 Å². The second kappa shape index (κ2) is 4.44. The van der Waals surface area contributed by atoms with E-state index in [0.29, 0.717) is 5.69 Å². The Kier molecular flexibility index (Phi) is 3.01. The molecular formula is C10H17N5. The van der Waals surface area contributed by atoms with Crippen LogP contribution >= 0.6 is 0 Å². The van der Waals surface area contributed by atoms with Gasteiger partial charge in [0.15, 0.2) is 5.82 Å². The predicted octanol–water partition coefficient (Wildman–Crippen LogP) is 0.201. The second-order valence-corrected chi connectivity index (χ2v) is 3.95. The van der Waals surface area contributed by atoms with Gasteiger partial charge in [-0.1, -0.05) is 0 Å². The summed E-state index contributed by atoms with van der Waals surface area (Å²) in [5.74, 6) is 0.875. The third-order valence-corrected chi connectivity index (χ3v) is 2.74. The summed E-state index contributed by atoms with van der Waals surface area (Å²) < 4.78 is 0. The average Bonchev–Trinajstić information content (AvgIpc) is 2.44. The molecule has 1 fully saturated rings. The summed E-state index contributed by atoms with van der Waals surface area (Å²) in [6, 6.07) is 0. The first-order chi connectivity index (χ1) is 7.27. The lowest BCUT2D eigenvalue weighted by Crippen LogP contribution is -2.30. The molecule has 5 nitrogen and oxygen atoms in total. The van der Waals surface area contributed by atoms with Crippen molar-refractivity contribution in [2.75, 3.05) is 43.9 Å². The highest BCUT2D eigenvalue weighted by atomic mass is 15.2. The summed E-state index contributed by atoms with van der Waals surface area (Å²) in [6.07, 6.45) is 4.37. The highest BCUT2D eigenvalue weighted by Gasteiger charge is 2.15. The summed E-state index contributed by atoms with van der Waals surface area (Å²) in [4.78, 5) is 12.7. The summed E-state index contributed by atoms with van der Waals surface area (Å²) in [5.41, 5.74) is 6.53. The fourth-order valence-electron chi connectivity index (χ4n) is 1.86. The van der Waals surface area contributed by atoms with Crippen LogP contribution in [0.2, 0.25) is 0 Å². The topological polar surface area (TPSA) is 58.3 Å². The van der Waals surface area contributed by atoms with Gasteiger partial charge in [-0.15, -0.1) is 0 Å². The van der Waals surface area contributed by atoms with E-state index in [1.807, 2.05) is 0 Å². The molecule has 2 rings (SSSR count). The SMILES string of the molecule is CN1CCCN(c2ncncc2N)CC1. The molecule has 0 radical (unpaired) electrons. The Morgan fingerprint density at radius 1 is 1.27 bits per heavy atom. The van der Waals surface area contributed by atoms with Crippen molar-refractivity contribution >= 4 is 11.5 Å². The highest BCUT2D eigenvalue weighted by Crippen LogP contribution is 2.19. The normalized spacial score (nSPS) is 18.9. The molecule has 0 aromatic carbocycles. The maximum Gasteiger partial charge on any atom is 0.155 e. The van der Waals surface area contributed by atoms with Crippen molar-refractivity contribution in [3.05, 3.63) is 12.5 Å². The first kappa shape index (κ1) is 10.2. The van der Waals surface area contributed by atoms with Crippen molar-refractivity contribution in [1.29, 1.82) is 0 Å². The average molecular weight is 207 g/mol. The van der Waals surface area contributed by atoms with Crippen LogP contribution in [0.1, 0.15) is 6.42 Å². The minimum Gasteiger partial charge on any atom is -0.394 e. The van der Waals surface area contributed by atoms with E-state index in [1.165, 1.54) is 0 Å². The zero-order valence-electron chi connectivity index (χ0n) is 9.06. The minimum atomic E-state index is 0.669. The molecule has 0 amide bonds. The third kappa shape index (κ3) is 2.36. The molecule has 1 aromatic rings. The Bertz CT molecular complexity index is 327. The van der Waals surface area contributed by atoms with Crippen LogP contribution in [-0.2, 0) is 0 Å². The van der Waals surface area contributed by atoms with E-state index in [9.17, 15) is 0 Å². The van der Waals surface area contributed by atoms with E-state index in [4.69, 9.17) is 5.73 Å².